The fraction of sp³-hybridized carbons (Fsp3) is 0.469. The number of hydrogen-bond donors (Lipinski definition) is 1. The monoisotopic (exact) mass is 500 g/mol. The molecule has 3 aromatic rings. The molecule has 0 amide bonds. The molecule has 1 aliphatic carbocycles. The number of rotatable bonds is 6. The predicted octanol–water partition coefficient (Wildman–Crippen LogP) is 6.06. The number of pyridine rings is 1. The highest BCUT2D eigenvalue weighted by molar-refractivity contribution is 5.70. The van der Waals surface area contributed by atoms with Gasteiger partial charge in [0.05, 0.1) is 13.2 Å². The zero-order valence-corrected chi connectivity index (χ0v) is 22.9. The van der Waals surface area contributed by atoms with Gasteiger partial charge in [0.1, 0.15) is 0 Å². The van der Waals surface area contributed by atoms with Crippen molar-refractivity contribution < 1.29 is 9.47 Å². The summed E-state index contributed by atoms with van der Waals surface area (Å²) in [7, 11) is 3.49. The van der Waals surface area contributed by atoms with E-state index in [4.69, 9.17) is 9.47 Å². The Hall–Kier alpha value is -3.05. The molecule has 5 heteroatoms. The van der Waals surface area contributed by atoms with Crippen molar-refractivity contribution in [3.05, 3.63) is 80.8 Å². The number of benzene rings is 2. The van der Waals surface area contributed by atoms with Crippen LogP contribution >= 0.6 is 0 Å². The standard InChI is InChI=1S/C32H40N2O3/c1-20-21(2)32(35)34(4)19-29(20)25-11-14-30(31(18-25)36-5)37-26-12-9-23(10-13-26)17-24-7-6-8-27-22(3)33-16-15-28(24)27/h6-8,11,14,18-19,22-23,26,33H,9-10,12-13,15-17H2,1-5H3. The summed E-state index contributed by atoms with van der Waals surface area (Å²) in [6.45, 7) is 7.24. The SMILES string of the molecule is COc1cc(-c2cn(C)c(=O)c(C)c2C)ccc1OC1CCC(Cc2cccc3c2CCNC3C)CC1. The van der Waals surface area contributed by atoms with Crippen LogP contribution in [0.3, 0.4) is 0 Å². The molecule has 1 unspecified atom stereocenters. The van der Waals surface area contributed by atoms with Gasteiger partial charge in [-0.25, -0.2) is 0 Å². The molecule has 0 bridgehead atoms. The van der Waals surface area contributed by atoms with Crippen LogP contribution in [0.25, 0.3) is 11.1 Å². The zero-order valence-electron chi connectivity index (χ0n) is 22.9. The van der Waals surface area contributed by atoms with Crippen molar-refractivity contribution in [2.45, 2.75) is 71.4 Å². The van der Waals surface area contributed by atoms with Crippen molar-refractivity contribution in [1.82, 2.24) is 9.88 Å². The average molecular weight is 501 g/mol. The second-order valence-electron chi connectivity index (χ2n) is 10.9. The van der Waals surface area contributed by atoms with E-state index in [0.717, 1.165) is 65.5 Å². The molecule has 1 fully saturated rings. The first-order chi connectivity index (χ1) is 17.9. The van der Waals surface area contributed by atoms with Gasteiger partial charge in [-0.2, -0.15) is 0 Å². The molecule has 196 valence electrons. The van der Waals surface area contributed by atoms with E-state index in [9.17, 15) is 4.79 Å². The van der Waals surface area contributed by atoms with E-state index in [1.165, 1.54) is 24.8 Å². The number of methoxy groups -OCH3 is 1. The van der Waals surface area contributed by atoms with Gasteiger partial charge in [0, 0.05) is 30.4 Å². The van der Waals surface area contributed by atoms with E-state index in [0.29, 0.717) is 6.04 Å². The average Bonchev–Trinajstić information content (AvgIpc) is 2.91. The number of aromatic nitrogens is 1. The third-order valence-corrected chi connectivity index (χ3v) is 8.60. The van der Waals surface area contributed by atoms with E-state index in [1.54, 1.807) is 29.9 Å². The summed E-state index contributed by atoms with van der Waals surface area (Å²) in [4.78, 5) is 12.3. The van der Waals surface area contributed by atoms with Crippen LogP contribution in [-0.4, -0.2) is 24.3 Å². The second kappa shape index (κ2) is 10.7. The van der Waals surface area contributed by atoms with Gasteiger partial charge in [0.15, 0.2) is 11.5 Å². The smallest absolute Gasteiger partial charge is 0.253 e. The molecule has 2 aliphatic rings. The van der Waals surface area contributed by atoms with Crippen molar-refractivity contribution in [2.75, 3.05) is 13.7 Å². The highest BCUT2D eigenvalue weighted by atomic mass is 16.5. The van der Waals surface area contributed by atoms with Crippen molar-refractivity contribution in [2.24, 2.45) is 13.0 Å². The largest absolute Gasteiger partial charge is 0.493 e. The molecular formula is C32H40N2O3. The molecule has 1 aromatic heterocycles. The molecule has 5 rings (SSSR count). The van der Waals surface area contributed by atoms with Crippen LogP contribution in [-0.2, 0) is 19.9 Å². The van der Waals surface area contributed by atoms with Gasteiger partial charge in [-0.05, 0) is 112 Å². The second-order valence-corrected chi connectivity index (χ2v) is 10.9. The normalized spacial score (nSPS) is 21.4. The molecular weight excluding hydrogens is 460 g/mol. The molecule has 1 saturated carbocycles. The van der Waals surface area contributed by atoms with Crippen LogP contribution in [0.5, 0.6) is 11.5 Å². The Morgan fingerprint density at radius 1 is 1.03 bits per heavy atom. The summed E-state index contributed by atoms with van der Waals surface area (Å²) in [5, 5.41) is 3.59. The number of aryl methyl sites for hydroxylation is 1. The van der Waals surface area contributed by atoms with Crippen LogP contribution in [0.4, 0.5) is 0 Å². The van der Waals surface area contributed by atoms with Crippen molar-refractivity contribution in [3.8, 4) is 22.6 Å². The van der Waals surface area contributed by atoms with Gasteiger partial charge in [-0.15, -0.1) is 0 Å². The van der Waals surface area contributed by atoms with Gasteiger partial charge >= 0.3 is 0 Å². The lowest BCUT2D eigenvalue weighted by Crippen LogP contribution is -2.29. The topological polar surface area (TPSA) is 52.5 Å². The van der Waals surface area contributed by atoms with Crippen LogP contribution in [0, 0.1) is 19.8 Å². The van der Waals surface area contributed by atoms with E-state index < -0.39 is 0 Å². The number of ether oxygens (including phenoxy) is 2. The van der Waals surface area contributed by atoms with Gasteiger partial charge in [0.2, 0.25) is 0 Å². The summed E-state index contributed by atoms with van der Waals surface area (Å²) in [6.07, 6.45) is 8.97. The van der Waals surface area contributed by atoms with E-state index >= 15 is 0 Å². The van der Waals surface area contributed by atoms with Crippen LogP contribution in [0.1, 0.15) is 66.5 Å². The minimum Gasteiger partial charge on any atom is -0.493 e. The number of nitrogens with one attached hydrogen (secondary N) is 1. The Kier molecular flexibility index (Phi) is 7.43. The van der Waals surface area contributed by atoms with Crippen LogP contribution in [0.2, 0.25) is 0 Å². The maximum Gasteiger partial charge on any atom is 0.253 e. The molecule has 1 N–H and O–H groups in total. The minimum absolute atomic E-state index is 0.0440. The quantitative estimate of drug-likeness (QED) is 0.447. The lowest BCUT2D eigenvalue weighted by molar-refractivity contribution is 0.127. The molecule has 0 saturated heterocycles. The lowest BCUT2D eigenvalue weighted by atomic mass is 9.80. The Morgan fingerprint density at radius 2 is 1.81 bits per heavy atom. The van der Waals surface area contributed by atoms with Gasteiger partial charge in [-0.3, -0.25) is 4.79 Å². The van der Waals surface area contributed by atoms with Crippen LogP contribution in [0.15, 0.2) is 47.4 Å². The van der Waals surface area contributed by atoms with Gasteiger partial charge in [-0.1, -0.05) is 24.3 Å². The first-order valence-corrected chi connectivity index (χ1v) is 13.7. The molecule has 0 spiro atoms. The van der Waals surface area contributed by atoms with Gasteiger partial charge in [0.25, 0.3) is 5.56 Å². The predicted molar refractivity (Wildman–Crippen MR) is 150 cm³/mol. The fourth-order valence-electron chi connectivity index (χ4n) is 6.22. The highest BCUT2D eigenvalue weighted by Gasteiger charge is 2.26. The van der Waals surface area contributed by atoms with E-state index in [-0.39, 0.29) is 11.7 Å². The molecule has 37 heavy (non-hydrogen) atoms. The molecule has 2 aromatic carbocycles. The maximum atomic E-state index is 12.3. The van der Waals surface area contributed by atoms with E-state index in [2.05, 4.69) is 36.5 Å². The molecule has 5 nitrogen and oxygen atoms in total. The number of fused-ring (bicyclic) bond motifs is 1. The highest BCUT2D eigenvalue weighted by Crippen LogP contribution is 2.37. The van der Waals surface area contributed by atoms with Crippen molar-refractivity contribution in [3.63, 3.8) is 0 Å². The summed E-state index contributed by atoms with van der Waals surface area (Å²) < 4.78 is 13.9. The Labute approximate surface area is 220 Å². The fourth-order valence-corrected chi connectivity index (χ4v) is 6.22. The van der Waals surface area contributed by atoms with Crippen LogP contribution < -0.4 is 20.3 Å². The molecule has 2 heterocycles. The van der Waals surface area contributed by atoms with Gasteiger partial charge < -0.3 is 19.4 Å². The Morgan fingerprint density at radius 3 is 2.57 bits per heavy atom. The number of hydrogen-bond acceptors (Lipinski definition) is 4. The molecule has 0 radical (unpaired) electrons. The minimum atomic E-state index is 0.0440. The van der Waals surface area contributed by atoms with Crippen molar-refractivity contribution >= 4 is 0 Å². The summed E-state index contributed by atoms with van der Waals surface area (Å²) in [5.41, 5.74) is 8.51. The number of nitrogens with zero attached hydrogens (tertiary/aromatic N) is 1. The lowest BCUT2D eigenvalue weighted by Gasteiger charge is -2.31. The first kappa shape index (κ1) is 25.6. The third kappa shape index (κ3) is 5.19. The zero-order chi connectivity index (χ0) is 26.1. The third-order valence-electron chi connectivity index (χ3n) is 8.60. The summed E-state index contributed by atoms with van der Waals surface area (Å²) >= 11 is 0. The van der Waals surface area contributed by atoms with Crippen molar-refractivity contribution in [1.29, 1.82) is 0 Å². The Bertz CT molecular complexity index is 1330. The molecule has 1 aliphatic heterocycles. The Balaban J connectivity index is 1.25. The summed E-state index contributed by atoms with van der Waals surface area (Å²) in [6, 6.07) is 13.5. The summed E-state index contributed by atoms with van der Waals surface area (Å²) in [5.74, 6) is 2.26. The van der Waals surface area contributed by atoms with E-state index in [1.807, 2.05) is 32.2 Å². The molecule has 1 atom stereocenters. The maximum absolute atomic E-state index is 12.3. The first-order valence-electron chi connectivity index (χ1n) is 13.7.